The summed E-state index contributed by atoms with van der Waals surface area (Å²) < 4.78 is 10.7. The van der Waals surface area contributed by atoms with Crippen LogP contribution in [0.4, 0.5) is 0 Å². The van der Waals surface area contributed by atoms with E-state index in [0.717, 1.165) is 24.3 Å². The Balaban J connectivity index is 3.28. The van der Waals surface area contributed by atoms with Gasteiger partial charge in [0.2, 0.25) is 0 Å². The molecule has 0 aromatic heterocycles. The zero-order chi connectivity index (χ0) is 12.8. The molecule has 0 radical (unpaired) electrons. The fraction of sp³-hybridized carbons (Fsp3) is 0.467. The molecule has 94 valence electrons. The van der Waals surface area contributed by atoms with Crippen molar-refractivity contribution in [2.24, 2.45) is 0 Å². The van der Waals surface area contributed by atoms with Crippen molar-refractivity contribution in [1.29, 1.82) is 0 Å². The van der Waals surface area contributed by atoms with E-state index in [2.05, 4.69) is 32.6 Å². The molecule has 0 heterocycles. The van der Waals surface area contributed by atoms with Crippen molar-refractivity contribution in [3.05, 3.63) is 35.9 Å². The Kier molecular flexibility index (Phi) is 5.08. The second kappa shape index (κ2) is 6.33. The van der Waals surface area contributed by atoms with Crippen LogP contribution in [0.1, 0.15) is 37.3 Å². The summed E-state index contributed by atoms with van der Waals surface area (Å²) in [6.07, 6.45) is 4.13. The van der Waals surface area contributed by atoms with Gasteiger partial charge in [-0.05, 0) is 35.6 Å². The van der Waals surface area contributed by atoms with Gasteiger partial charge in [0.25, 0.3) is 0 Å². The van der Waals surface area contributed by atoms with Gasteiger partial charge in [-0.15, -0.1) is 6.58 Å². The van der Waals surface area contributed by atoms with Gasteiger partial charge in [-0.1, -0.05) is 26.3 Å². The monoisotopic (exact) mass is 234 g/mol. The van der Waals surface area contributed by atoms with Crippen molar-refractivity contribution in [2.45, 2.75) is 32.6 Å². The Hall–Kier alpha value is -1.44. The van der Waals surface area contributed by atoms with Crippen molar-refractivity contribution in [1.82, 2.24) is 0 Å². The van der Waals surface area contributed by atoms with Crippen LogP contribution in [0.2, 0.25) is 0 Å². The number of ether oxygens (including phenoxy) is 2. The van der Waals surface area contributed by atoms with Gasteiger partial charge in [-0.2, -0.15) is 0 Å². The predicted molar refractivity (Wildman–Crippen MR) is 72.2 cm³/mol. The first-order valence-corrected chi connectivity index (χ1v) is 6.05. The molecule has 0 saturated carbocycles. The molecule has 2 heteroatoms. The lowest BCUT2D eigenvalue weighted by atomic mass is 9.93. The molecule has 1 aromatic rings. The average Bonchev–Trinajstić information content (AvgIpc) is 2.37. The van der Waals surface area contributed by atoms with E-state index in [1.54, 1.807) is 14.2 Å². The summed E-state index contributed by atoms with van der Waals surface area (Å²) in [7, 11) is 3.34. The lowest BCUT2D eigenvalue weighted by Gasteiger charge is -2.17. The molecule has 0 fully saturated rings. The van der Waals surface area contributed by atoms with E-state index >= 15 is 0 Å². The standard InChI is InChI=1S/C15H22O2/c1-6-8-12-9-14(16-4)15(17-5)10-13(12)11(3)7-2/h7,9-11H,2,6,8H2,1,3-5H3. The summed E-state index contributed by atoms with van der Waals surface area (Å²) in [5, 5.41) is 0. The Morgan fingerprint density at radius 1 is 1.24 bits per heavy atom. The topological polar surface area (TPSA) is 18.5 Å². The molecule has 2 nitrogen and oxygen atoms in total. The molecule has 0 saturated heterocycles. The zero-order valence-corrected chi connectivity index (χ0v) is 11.2. The SMILES string of the molecule is C=CC(C)c1cc(OC)c(OC)cc1CCC. The minimum atomic E-state index is 0.330. The van der Waals surface area contributed by atoms with Crippen LogP contribution in [0.3, 0.4) is 0 Å². The average molecular weight is 234 g/mol. The molecular formula is C15H22O2. The molecule has 1 rings (SSSR count). The van der Waals surface area contributed by atoms with E-state index < -0.39 is 0 Å². The van der Waals surface area contributed by atoms with Crippen molar-refractivity contribution in [3.8, 4) is 11.5 Å². The summed E-state index contributed by atoms with van der Waals surface area (Å²) in [6.45, 7) is 8.19. The fourth-order valence-electron chi connectivity index (χ4n) is 1.97. The van der Waals surface area contributed by atoms with Crippen LogP contribution in [-0.2, 0) is 6.42 Å². The number of hydrogen-bond acceptors (Lipinski definition) is 2. The van der Waals surface area contributed by atoms with Crippen LogP contribution in [0.15, 0.2) is 24.8 Å². The molecule has 1 unspecified atom stereocenters. The first-order valence-electron chi connectivity index (χ1n) is 6.05. The first kappa shape index (κ1) is 13.6. The van der Waals surface area contributed by atoms with Crippen molar-refractivity contribution >= 4 is 0 Å². The first-order chi connectivity index (χ1) is 8.17. The minimum Gasteiger partial charge on any atom is -0.493 e. The van der Waals surface area contributed by atoms with Crippen LogP contribution in [-0.4, -0.2) is 14.2 Å². The summed E-state index contributed by atoms with van der Waals surface area (Å²) in [6, 6.07) is 4.15. The Morgan fingerprint density at radius 3 is 2.29 bits per heavy atom. The fourth-order valence-corrected chi connectivity index (χ4v) is 1.97. The highest BCUT2D eigenvalue weighted by atomic mass is 16.5. The highest BCUT2D eigenvalue weighted by molar-refractivity contribution is 5.49. The van der Waals surface area contributed by atoms with Gasteiger partial charge in [-0.25, -0.2) is 0 Å². The summed E-state index contributed by atoms with van der Waals surface area (Å²) >= 11 is 0. The number of rotatable bonds is 6. The maximum Gasteiger partial charge on any atom is 0.161 e. The third kappa shape index (κ3) is 3.02. The van der Waals surface area contributed by atoms with Gasteiger partial charge in [-0.3, -0.25) is 0 Å². The third-order valence-electron chi connectivity index (χ3n) is 3.01. The molecule has 0 aliphatic rings. The molecule has 0 aliphatic carbocycles. The normalized spacial score (nSPS) is 12.0. The van der Waals surface area contributed by atoms with E-state index in [-0.39, 0.29) is 0 Å². The van der Waals surface area contributed by atoms with E-state index in [0.29, 0.717) is 5.92 Å². The molecule has 0 aliphatic heterocycles. The van der Waals surface area contributed by atoms with Crippen LogP contribution < -0.4 is 9.47 Å². The second-order valence-electron chi connectivity index (χ2n) is 4.18. The highest BCUT2D eigenvalue weighted by Crippen LogP contribution is 2.34. The maximum atomic E-state index is 5.35. The number of methoxy groups -OCH3 is 2. The van der Waals surface area contributed by atoms with Crippen molar-refractivity contribution < 1.29 is 9.47 Å². The van der Waals surface area contributed by atoms with E-state index in [1.807, 2.05) is 6.08 Å². The number of aryl methyl sites for hydroxylation is 1. The third-order valence-corrected chi connectivity index (χ3v) is 3.01. The van der Waals surface area contributed by atoms with E-state index in [4.69, 9.17) is 9.47 Å². The smallest absolute Gasteiger partial charge is 0.161 e. The van der Waals surface area contributed by atoms with Gasteiger partial charge < -0.3 is 9.47 Å². The maximum absolute atomic E-state index is 5.35. The Labute approximate surface area is 104 Å². The molecule has 17 heavy (non-hydrogen) atoms. The number of benzene rings is 1. The van der Waals surface area contributed by atoms with Gasteiger partial charge in [0, 0.05) is 0 Å². The predicted octanol–water partition coefficient (Wildman–Crippen LogP) is 3.95. The van der Waals surface area contributed by atoms with Gasteiger partial charge in [0.15, 0.2) is 11.5 Å². The minimum absolute atomic E-state index is 0.330. The van der Waals surface area contributed by atoms with Gasteiger partial charge in [0.05, 0.1) is 14.2 Å². The Morgan fingerprint density at radius 2 is 1.82 bits per heavy atom. The quantitative estimate of drug-likeness (QED) is 0.694. The molecule has 0 amide bonds. The largest absolute Gasteiger partial charge is 0.493 e. The van der Waals surface area contributed by atoms with Gasteiger partial charge >= 0.3 is 0 Å². The molecule has 0 N–H and O–H groups in total. The molecule has 0 bridgehead atoms. The number of allylic oxidation sites excluding steroid dienone is 1. The van der Waals surface area contributed by atoms with Crippen molar-refractivity contribution in [2.75, 3.05) is 14.2 Å². The van der Waals surface area contributed by atoms with Gasteiger partial charge in [0.1, 0.15) is 0 Å². The second-order valence-corrected chi connectivity index (χ2v) is 4.18. The van der Waals surface area contributed by atoms with Crippen LogP contribution in [0.5, 0.6) is 11.5 Å². The van der Waals surface area contributed by atoms with E-state index in [1.165, 1.54) is 11.1 Å². The van der Waals surface area contributed by atoms with Crippen molar-refractivity contribution in [3.63, 3.8) is 0 Å². The van der Waals surface area contributed by atoms with E-state index in [9.17, 15) is 0 Å². The lowest BCUT2D eigenvalue weighted by molar-refractivity contribution is 0.354. The highest BCUT2D eigenvalue weighted by Gasteiger charge is 2.13. The molecule has 1 aromatic carbocycles. The zero-order valence-electron chi connectivity index (χ0n) is 11.2. The van der Waals surface area contributed by atoms with Crippen LogP contribution in [0, 0.1) is 0 Å². The lowest BCUT2D eigenvalue weighted by Crippen LogP contribution is -2.00. The molecular weight excluding hydrogens is 212 g/mol. The van der Waals surface area contributed by atoms with Crippen LogP contribution in [0.25, 0.3) is 0 Å². The Bertz CT molecular complexity index is 383. The molecule has 0 spiro atoms. The summed E-state index contributed by atoms with van der Waals surface area (Å²) in [5.41, 5.74) is 2.59. The molecule has 1 atom stereocenters. The van der Waals surface area contributed by atoms with Crippen LogP contribution >= 0.6 is 0 Å². The summed E-state index contributed by atoms with van der Waals surface area (Å²) in [5.74, 6) is 1.92. The number of hydrogen-bond donors (Lipinski definition) is 0. The summed E-state index contributed by atoms with van der Waals surface area (Å²) in [4.78, 5) is 0.